The van der Waals surface area contributed by atoms with Crippen molar-refractivity contribution in [3.8, 4) is 17.2 Å². The number of dihydropyridines is 1. The van der Waals surface area contributed by atoms with Crippen molar-refractivity contribution in [2.75, 3.05) is 26.6 Å². The second-order valence-electron chi connectivity index (χ2n) is 8.03. The Morgan fingerprint density at radius 3 is 2.42 bits per heavy atom. The second-order valence-corrected chi connectivity index (χ2v) is 8.03. The largest absolute Gasteiger partial charge is 0.495 e. The Kier molecular flexibility index (Phi) is 6.40. The van der Waals surface area contributed by atoms with E-state index in [0.717, 1.165) is 29.8 Å². The number of para-hydroxylation sites is 2. The van der Waals surface area contributed by atoms with Gasteiger partial charge in [-0.15, -0.1) is 0 Å². The highest BCUT2D eigenvalue weighted by molar-refractivity contribution is 6.10. The van der Waals surface area contributed by atoms with Gasteiger partial charge in [0.05, 0.1) is 27.0 Å². The minimum absolute atomic E-state index is 0.0543. The molecule has 0 saturated heterocycles. The van der Waals surface area contributed by atoms with Crippen molar-refractivity contribution >= 4 is 17.4 Å². The van der Waals surface area contributed by atoms with Crippen LogP contribution < -0.4 is 24.8 Å². The third kappa shape index (κ3) is 4.18. The predicted molar refractivity (Wildman–Crippen MR) is 126 cm³/mol. The van der Waals surface area contributed by atoms with Gasteiger partial charge in [-0.05, 0) is 49.6 Å². The molecule has 2 N–H and O–H groups in total. The maximum atomic E-state index is 13.6. The zero-order chi connectivity index (χ0) is 23.5. The van der Waals surface area contributed by atoms with Crippen LogP contribution in [0, 0.1) is 0 Å². The number of anilines is 1. The molecule has 1 aliphatic heterocycles. The number of carbonyl (C=O) groups excluding carboxylic acids is 2. The summed E-state index contributed by atoms with van der Waals surface area (Å²) in [6.07, 6.45) is 2.02. The summed E-state index contributed by atoms with van der Waals surface area (Å²) in [5.41, 5.74) is 4.09. The van der Waals surface area contributed by atoms with Gasteiger partial charge in [-0.2, -0.15) is 0 Å². The number of methoxy groups -OCH3 is 3. The van der Waals surface area contributed by atoms with Gasteiger partial charge in [0, 0.05) is 34.9 Å². The van der Waals surface area contributed by atoms with Crippen LogP contribution in [0.1, 0.15) is 37.7 Å². The minimum Gasteiger partial charge on any atom is -0.495 e. The number of nitrogens with one attached hydrogen (secondary N) is 2. The van der Waals surface area contributed by atoms with E-state index in [-0.39, 0.29) is 11.7 Å². The van der Waals surface area contributed by atoms with E-state index in [0.29, 0.717) is 40.5 Å². The van der Waals surface area contributed by atoms with Crippen molar-refractivity contribution < 1.29 is 23.8 Å². The smallest absolute Gasteiger partial charge is 0.254 e. The van der Waals surface area contributed by atoms with Crippen LogP contribution in [0.25, 0.3) is 0 Å². The Hall–Kier alpha value is -3.74. The maximum absolute atomic E-state index is 13.6. The molecule has 2 aromatic carbocycles. The van der Waals surface area contributed by atoms with Gasteiger partial charge in [0.1, 0.15) is 5.75 Å². The van der Waals surface area contributed by atoms with E-state index in [1.807, 2.05) is 31.2 Å². The quantitative estimate of drug-likeness (QED) is 0.685. The first kappa shape index (κ1) is 22.5. The monoisotopic (exact) mass is 448 g/mol. The normalized spacial score (nSPS) is 17.8. The van der Waals surface area contributed by atoms with Crippen LogP contribution in [0.5, 0.6) is 17.2 Å². The van der Waals surface area contributed by atoms with E-state index in [1.165, 1.54) is 0 Å². The summed E-state index contributed by atoms with van der Waals surface area (Å²) in [5.74, 6) is 0.918. The molecule has 2 aliphatic rings. The minimum atomic E-state index is -0.524. The Labute approximate surface area is 193 Å². The van der Waals surface area contributed by atoms with Gasteiger partial charge < -0.3 is 24.8 Å². The first-order valence-electron chi connectivity index (χ1n) is 10.9. The summed E-state index contributed by atoms with van der Waals surface area (Å²) in [6.45, 7) is 1.87. The lowest BCUT2D eigenvalue weighted by atomic mass is 9.75. The molecule has 1 amide bonds. The van der Waals surface area contributed by atoms with Gasteiger partial charge in [-0.25, -0.2) is 0 Å². The van der Waals surface area contributed by atoms with E-state index >= 15 is 0 Å². The highest BCUT2D eigenvalue weighted by Gasteiger charge is 2.39. The number of hydrogen-bond acceptors (Lipinski definition) is 6. The molecular formula is C26H28N2O5. The van der Waals surface area contributed by atoms with Gasteiger partial charge in [0.15, 0.2) is 17.3 Å². The number of ether oxygens (including phenoxy) is 3. The van der Waals surface area contributed by atoms with Gasteiger partial charge in [-0.1, -0.05) is 18.2 Å². The first-order chi connectivity index (χ1) is 16.0. The average molecular weight is 449 g/mol. The number of carbonyl (C=O) groups is 2. The third-order valence-electron chi connectivity index (χ3n) is 6.12. The molecule has 1 aliphatic carbocycles. The van der Waals surface area contributed by atoms with E-state index in [1.54, 1.807) is 39.5 Å². The standard InChI is InChI=1S/C26H28N2O5/c1-15-23(26(30)28-17-8-5-6-11-20(17)31-2)24(25-18(27-15)9-7-10-19(25)29)16-12-13-21(32-3)22(14-16)33-4/h5-6,8,11-14,24,27H,7,9-10H2,1-4H3,(H,28,30)/t24-/m1/s1. The van der Waals surface area contributed by atoms with E-state index < -0.39 is 5.92 Å². The zero-order valence-corrected chi connectivity index (χ0v) is 19.3. The van der Waals surface area contributed by atoms with E-state index in [4.69, 9.17) is 14.2 Å². The average Bonchev–Trinajstić information content (AvgIpc) is 2.83. The first-order valence-corrected chi connectivity index (χ1v) is 10.9. The molecule has 0 fully saturated rings. The van der Waals surface area contributed by atoms with E-state index in [2.05, 4.69) is 10.6 Å². The number of amides is 1. The van der Waals surface area contributed by atoms with Gasteiger partial charge in [0.2, 0.25) is 0 Å². The highest BCUT2D eigenvalue weighted by atomic mass is 16.5. The molecule has 7 heteroatoms. The Bertz CT molecular complexity index is 1170. The molecule has 1 atom stereocenters. The number of benzene rings is 2. The van der Waals surface area contributed by atoms with Crippen molar-refractivity contribution in [1.29, 1.82) is 0 Å². The lowest BCUT2D eigenvalue weighted by Gasteiger charge is -2.34. The van der Waals surface area contributed by atoms with Crippen LogP contribution in [0.4, 0.5) is 5.69 Å². The topological polar surface area (TPSA) is 85.9 Å². The predicted octanol–water partition coefficient (Wildman–Crippen LogP) is 4.32. The lowest BCUT2D eigenvalue weighted by molar-refractivity contribution is -0.116. The molecule has 7 nitrogen and oxygen atoms in total. The SMILES string of the molecule is COc1ccccc1NC(=O)C1=C(C)NC2=C(C(=O)CCC2)[C@@H]1c1ccc(OC)c(OC)c1. The molecular weight excluding hydrogens is 420 g/mol. The molecule has 0 unspecified atom stereocenters. The molecule has 0 spiro atoms. The Morgan fingerprint density at radius 1 is 0.970 bits per heavy atom. The van der Waals surface area contributed by atoms with Crippen LogP contribution in [-0.4, -0.2) is 33.0 Å². The van der Waals surface area contributed by atoms with Crippen molar-refractivity contribution in [2.24, 2.45) is 0 Å². The fourth-order valence-electron chi connectivity index (χ4n) is 4.59. The van der Waals surface area contributed by atoms with E-state index in [9.17, 15) is 9.59 Å². The number of hydrogen-bond donors (Lipinski definition) is 2. The maximum Gasteiger partial charge on any atom is 0.254 e. The second kappa shape index (κ2) is 9.40. The van der Waals surface area contributed by atoms with Crippen molar-refractivity contribution in [2.45, 2.75) is 32.1 Å². The summed E-state index contributed by atoms with van der Waals surface area (Å²) in [6, 6.07) is 12.8. The number of ketones is 1. The highest BCUT2D eigenvalue weighted by Crippen LogP contribution is 2.44. The Morgan fingerprint density at radius 2 is 1.70 bits per heavy atom. The molecule has 2 aromatic rings. The third-order valence-corrected chi connectivity index (χ3v) is 6.12. The van der Waals surface area contributed by atoms with Crippen LogP contribution in [0.15, 0.2) is 65.0 Å². The number of rotatable bonds is 6. The summed E-state index contributed by atoms with van der Waals surface area (Å²) in [7, 11) is 4.70. The lowest BCUT2D eigenvalue weighted by Crippen LogP contribution is -2.35. The molecule has 1 heterocycles. The fraction of sp³-hybridized carbons (Fsp3) is 0.308. The van der Waals surface area contributed by atoms with Crippen molar-refractivity contribution in [1.82, 2.24) is 5.32 Å². The Balaban J connectivity index is 1.82. The molecule has 4 rings (SSSR count). The van der Waals surface area contributed by atoms with Crippen LogP contribution in [0.2, 0.25) is 0 Å². The zero-order valence-electron chi connectivity index (χ0n) is 19.3. The fourth-order valence-corrected chi connectivity index (χ4v) is 4.59. The summed E-state index contributed by atoms with van der Waals surface area (Å²) in [4.78, 5) is 26.7. The van der Waals surface area contributed by atoms with Gasteiger partial charge in [-0.3, -0.25) is 9.59 Å². The molecule has 0 saturated carbocycles. The molecule has 0 aromatic heterocycles. The number of allylic oxidation sites excluding steroid dienone is 3. The van der Waals surface area contributed by atoms with Crippen molar-refractivity contribution in [3.63, 3.8) is 0 Å². The molecule has 33 heavy (non-hydrogen) atoms. The summed E-state index contributed by atoms with van der Waals surface area (Å²) >= 11 is 0. The van der Waals surface area contributed by atoms with Crippen LogP contribution in [-0.2, 0) is 9.59 Å². The van der Waals surface area contributed by atoms with Crippen LogP contribution >= 0.6 is 0 Å². The molecule has 0 bridgehead atoms. The van der Waals surface area contributed by atoms with Crippen LogP contribution in [0.3, 0.4) is 0 Å². The van der Waals surface area contributed by atoms with Gasteiger partial charge in [0.25, 0.3) is 5.91 Å². The summed E-state index contributed by atoms with van der Waals surface area (Å²) in [5, 5.41) is 6.31. The molecule has 172 valence electrons. The number of Topliss-reactive ketones (excluding diaryl/α,β-unsaturated/α-hetero) is 1. The van der Waals surface area contributed by atoms with Gasteiger partial charge >= 0.3 is 0 Å². The molecule has 0 radical (unpaired) electrons. The van der Waals surface area contributed by atoms with Crippen molar-refractivity contribution in [3.05, 3.63) is 70.6 Å². The summed E-state index contributed by atoms with van der Waals surface area (Å²) < 4.78 is 16.3.